The number of nitrogens with zero attached hydrogens (tertiary/aromatic N) is 2. The minimum Gasteiger partial charge on any atom is -0.326 e. The van der Waals surface area contributed by atoms with Crippen LogP contribution in [0.3, 0.4) is 0 Å². The summed E-state index contributed by atoms with van der Waals surface area (Å²) in [6.07, 6.45) is 0.148. The second-order valence-electron chi connectivity index (χ2n) is 6.80. The smallest absolute Gasteiger partial charge is 0.229 e. The van der Waals surface area contributed by atoms with Gasteiger partial charge in [-0.15, -0.1) is 0 Å². The summed E-state index contributed by atoms with van der Waals surface area (Å²) in [4.78, 5) is 26.5. The van der Waals surface area contributed by atoms with Gasteiger partial charge >= 0.3 is 0 Å². The highest BCUT2D eigenvalue weighted by Crippen LogP contribution is 2.28. The molecular weight excluding hydrogens is 326 g/mol. The average molecular weight is 347 g/mol. The Morgan fingerprint density at radius 1 is 1.19 bits per heavy atom. The lowest BCUT2D eigenvalue weighted by Gasteiger charge is -2.18. The van der Waals surface area contributed by atoms with E-state index in [9.17, 15) is 14.9 Å². The molecule has 5 heteroatoms. The Bertz CT molecular complexity index is 866. The molecule has 1 fully saturated rings. The molecule has 1 aliphatic rings. The van der Waals surface area contributed by atoms with Crippen molar-refractivity contribution in [2.75, 3.05) is 16.8 Å². The van der Waals surface area contributed by atoms with Crippen LogP contribution in [0.1, 0.15) is 37.3 Å². The number of nitrogens with one attached hydrogen (secondary N) is 1. The van der Waals surface area contributed by atoms with Crippen LogP contribution in [-0.2, 0) is 9.59 Å². The second-order valence-corrected chi connectivity index (χ2v) is 6.80. The predicted octanol–water partition coefficient (Wildman–Crippen LogP) is 3.67. The number of anilines is 2. The number of nitriles is 1. The molecule has 1 atom stereocenters. The van der Waals surface area contributed by atoms with E-state index < -0.39 is 5.92 Å². The standard InChI is InChI=1S/C21H21N3O2/c1-14(2)15-7-9-18(10-8-15)23-21(26)17-11-20(25)24(13-17)19-6-4-3-5-16(19)12-22/h3-10,14,17H,11,13H2,1-2H3,(H,23,26). The van der Waals surface area contributed by atoms with E-state index >= 15 is 0 Å². The quantitative estimate of drug-likeness (QED) is 0.917. The van der Waals surface area contributed by atoms with Crippen molar-refractivity contribution < 1.29 is 9.59 Å². The summed E-state index contributed by atoms with van der Waals surface area (Å²) >= 11 is 0. The van der Waals surface area contributed by atoms with E-state index in [4.69, 9.17) is 0 Å². The van der Waals surface area contributed by atoms with E-state index in [-0.39, 0.29) is 24.8 Å². The minimum absolute atomic E-state index is 0.136. The molecule has 132 valence electrons. The summed E-state index contributed by atoms with van der Waals surface area (Å²) in [5.74, 6) is -0.310. The van der Waals surface area contributed by atoms with Crippen LogP contribution in [0.25, 0.3) is 0 Å². The number of hydrogen-bond acceptors (Lipinski definition) is 3. The largest absolute Gasteiger partial charge is 0.326 e. The van der Waals surface area contributed by atoms with Gasteiger partial charge in [-0.25, -0.2) is 0 Å². The molecule has 0 bridgehead atoms. The zero-order valence-electron chi connectivity index (χ0n) is 14.9. The molecule has 1 saturated heterocycles. The lowest BCUT2D eigenvalue weighted by Crippen LogP contribution is -2.28. The number of para-hydroxylation sites is 1. The highest BCUT2D eigenvalue weighted by Gasteiger charge is 2.36. The molecule has 2 amide bonds. The van der Waals surface area contributed by atoms with Crippen LogP contribution < -0.4 is 10.2 Å². The Morgan fingerprint density at radius 3 is 2.54 bits per heavy atom. The van der Waals surface area contributed by atoms with E-state index in [2.05, 4.69) is 25.2 Å². The van der Waals surface area contributed by atoms with Crippen molar-refractivity contribution in [1.82, 2.24) is 0 Å². The van der Waals surface area contributed by atoms with Crippen molar-refractivity contribution in [1.29, 1.82) is 5.26 Å². The first-order chi connectivity index (χ1) is 12.5. The molecular formula is C21H21N3O2. The van der Waals surface area contributed by atoms with Crippen molar-refractivity contribution in [3.8, 4) is 6.07 Å². The molecule has 1 heterocycles. The van der Waals surface area contributed by atoms with E-state index in [1.165, 1.54) is 10.5 Å². The summed E-state index contributed by atoms with van der Waals surface area (Å²) < 4.78 is 0. The molecule has 0 aliphatic carbocycles. The number of carbonyl (C=O) groups excluding carboxylic acids is 2. The fourth-order valence-electron chi connectivity index (χ4n) is 3.12. The Hall–Kier alpha value is -3.13. The average Bonchev–Trinajstić information content (AvgIpc) is 3.04. The Morgan fingerprint density at radius 2 is 1.88 bits per heavy atom. The molecule has 0 radical (unpaired) electrons. The summed E-state index contributed by atoms with van der Waals surface area (Å²) in [5, 5.41) is 12.1. The van der Waals surface area contributed by atoms with Crippen LogP contribution in [0.5, 0.6) is 0 Å². The molecule has 2 aromatic carbocycles. The third kappa shape index (κ3) is 3.60. The van der Waals surface area contributed by atoms with Crippen molar-refractivity contribution in [2.24, 2.45) is 5.92 Å². The van der Waals surface area contributed by atoms with E-state index in [0.29, 0.717) is 17.2 Å². The van der Waals surface area contributed by atoms with Crippen molar-refractivity contribution in [3.63, 3.8) is 0 Å². The maximum Gasteiger partial charge on any atom is 0.229 e. The first-order valence-electron chi connectivity index (χ1n) is 8.70. The van der Waals surface area contributed by atoms with Gasteiger partial charge in [0.25, 0.3) is 0 Å². The number of carbonyl (C=O) groups is 2. The number of amides is 2. The fraction of sp³-hybridized carbons (Fsp3) is 0.286. The van der Waals surface area contributed by atoms with Gasteiger partial charge in [0.2, 0.25) is 11.8 Å². The zero-order valence-corrected chi connectivity index (χ0v) is 14.9. The number of rotatable bonds is 4. The summed E-state index contributed by atoms with van der Waals surface area (Å²) in [5.41, 5.74) is 2.93. The molecule has 3 rings (SSSR count). The zero-order chi connectivity index (χ0) is 18.7. The summed E-state index contributed by atoms with van der Waals surface area (Å²) in [6, 6.07) is 16.8. The predicted molar refractivity (Wildman–Crippen MR) is 101 cm³/mol. The molecule has 0 spiro atoms. The molecule has 5 nitrogen and oxygen atoms in total. The van der Waals surface area contributed by atoms with Crippen LogP contribution in [0.2, 0.25) is 0 Å². The summed E-state index contributed by atoms with van der Waals surface area (Å²) in [6.45, 7) is 4.52. The first-order valence-corrected chi connectivity index (χ1v) is 8.70. The van der Waals surface area contributed by atoms with Crippen LogP contribution in [-0.4, -0.2) is 18.4 Å². The van der Waals surface area contributed by atoms with Crippen molar-refractivity contribution in [3.05, 3.63) is 59.7 Å². The van der Waals surface area contributed by atoms with Gasteiger partial charge in [0.15, 0.2) is 0 Å². The van der Waals surface area contributed by atoms with Crippen LogP contribution >= 0.6 is 0 Å². The molecule has 1 N–H and O–H groups in total. The van der Waals surface area contributed by atoms with Gasteiger partial charge in [0, 0.05) is 18.7 Å². The Kier molecular flexibility index (Phi) is 5.04. The topological polar surface area (TPSA) is 73.2 Å². The highest BCUT2D eigenvalue weighted by atomic mass is 16.2. The SMILES string of the molecule is CC(C)c1ccc(NC(=O)C2CC(=O)N(c3ccccc3C#N)C2)cc1. The lowest BCUT2D eigenvalue weighted by molar-refractivity contribution is -0.122. The van der Waals surface area contributed by atoms with Gasteiger partial charge in [0.1, 0.15) is 6.07 Å². The molecule has 1 aliphatic heterocycles. The first kappa shape index (κ1) is 17.7. The van der Waals surface area contributed by atoms with E-state index in [0.717, 1.165) is 5.69 Å². The highest BCUT2D eigenvalue weighted by molar-refractivity contribution is 6.04. The number of benzene rings is 2. The lowest BCUT2D eigenvalue weighted by atomic mass is 10.0. The van der Waals surface area contributed by atoms with Gasteiger partial charge < -0.3 is 10.2 Å². The van der Waals surface area contributed by atoms with E-state index in [1.807, 2.05) is 24.3 Å². The van der Waals surface area contributed by atoms with Crippen LogP contribution in [0.4, 0.5) is 11.4 Å². The van der Waals surface area contributed by atoms with Crippen molar-refractivity contribution >= 4 is 23.2 Å². The van der Waals surface area contributed by atoms with Crippen LogP contribution in [0, 0.1) is 17.2 Å². The molecule has 26 heavy (non-hydrogen) atoms. The maximum atomic E-state index is 12.6. The minimum atomic E-state index is -0.431. The number of hydrogen-bond donors (Lipinski definition) is 1. The van der Waals surface area contributed by atoms with Gasteiger partial charge in [-0.1, -0.05) is 38.1 Å². The van der Waals surface area contributed by atoms with E-state index in [1.54, 1.807) is 24.3 Å². The third-order valence-electron chi connectivity index (χ3n) is 4.66. The van der Waals surface area contributed by atoms with Crippen LogP contribution in [0.15, 0.2) is 48.5 Å². The summed E-state index contributed by atoms with van der Waals surface area (Å²) in [7, 11) is 0. The van der Waals surface area contributed by atoms with Gasteiger partial charge in [-0.2, -0.15) is 5.26 Å². The molecule has 2 aromatic rings. The maximum absolute atomic E-state index is 12.6. The normalized spacial score (nSPS) is 16.6. The van der Waals surface area contributed by atoms with Crippen molar-refractivity contribution in [2.45, 2.75) is 26.2 Å². The Balaban J connectivity index is 1.70. The third-order valence-corrected chi connectivity index (χ3v) is 4.66. The molecule has 0 aromatic heterocycles. The second kappa shape index (κ2) is 7.40. The monoisotopic (exact) mass is 347 g/mol. The van der Waals surface area contributed by atoms with Gasteiger partial charge in [-0.3, -0.25) is 9.59 Å². The molecule has 0 saturated carbocycles. The molecule has 1 unspecified atom stereocenters. The van der Waals surface area contributed by atoms with Gasteiger partial charge in [-0.05, 0) is 35.7 Å². The fourth-order valence-corrected chi connectivity index (χ4v) is 3.12. The van der Waals surface area contributed by atoms with Gasteiger partial charge in [0.05, 0.1) is 17.2 Å². The Labute approximate surface area is 153 Å².